The first-order chi connectivity index (χ1) is 12.6. The Hall–Kier alpha value is -3.02. The van der Waals surface area contributed by atoms with E-state index in [4.69, 9.17) is 9.47 Å². The molecule has 136 valence electrons. The fraction of sp³-hybridized carbons (Fsp3) is 0.300. The normalized spacial score (nSPS) is 13.8. The van der Waals surface area contributed by atoms with Gasteiger partial charge in [-0.1, -0.05) is 42.5 Å². The fourth-order valence-corrected chi connectivity index (χ4v) is 2.88. The van der Waals surface area contributed by atoms with Crippen molar-refractivity contribution in [2.45, 2.75) is 31.9 Å². The van der Waals surface area contributed by atoms with Crippen molar-refractivity contribution < 1.29 is 24.2 Å². The summed E-state index contributed by atoms with van der Waals surface area (Å²) in [5.41, 5.74) is 2.75. The molecule has 6 heteroatoms. The van der Waals surface area contributed by atoms with Gasteiger partial charge in [0.25, 0.3) is 0 Å². The van der Waals surface area contributed by atoms with Crippen molar-refractivity contribution in [2.75, 3.05) is 6.61 Å². The molecule has 1 aliphatic rings. The monoisotopic (exact) mass is 355 g/mol. The summed E-state index contributed by atoms with van der Waals surface area (Å²) in [5.74, 6) is -0.252. The van der Waals surface area contributed by atoms with Gasteiger partial charge >= 0.3 is 12.1 Å². The number of carboxylic acid groups (broad SMARTS) is 1. The third-order valence-corrected chi connectivity index (χ3v) is 4.22. The van der Waals surface area contributed by atoms with E-state index in [-0.39, 0.29) is 13.0 Å². The highest BCUT2D eigenvalue weighted by Gasteiger charge is 2.22. The molecular weight excluding hydrogens is 334 g/mol. The molecule has 0 saturated carbocycles. The van der Waals surface area contributed by atoms with Gasteiger partial charge in [-0.3, -0.25) is 0 Å². The number of amides is 1. The van der Waals surface area contributed by atoms with Crippen molar-refractivity contribution in [3.63, 3.8) is 0 Å². The van der Waals surface area contributed by atoms with E-state index in [1.165, 1.54) is 0 Å². The number of carbonyl (C=O) groups excluding carboxylic acids is 1. The van der Waals surface area contributed by atoms with Crippen LogP contribution in [0.1, 0.15) is 23.1 Å². The molecule has 0 aliphatic carbocycles. The summed E-state index contributed by atoms with van der Waals surface area (Å²) in [7, 11) is 0. The number of aryl methyl sites for hydroxylation is 1. The van der Waals surface area contributed by atoms with E-state index >= 15 is 0 Å². The summed E-state index contributed by atoms with van der Waals surface area (Å²) in [5, 5.41) is 11.8. The predicted octanol–water partition coefficient (Wildman–Crippen LogP) is 2.93. The maximum atomic E-state index is 11.9. The highest BCUT2D eigenvalue weighted by Crippen LogP contribution is 2.26. The molecule has 2 aromatic carbocycles. The smallest absolute Gasteiger partial charge is 0.408 e. The molecule has 0 unspecified atom stereocenters. The van der Waals surface area contributed by atoms with Gasteiger partial charge in [-0.05, 0) is 35.6 Å². The summed E-state index contributed by atoms with van der Waals surface area (Å²) in [6, 6.07) is 13.8. The molecule has 1 amide bonds. The molecular formula is C20H21NO5. The Bertz CT molecular complexity index is 775. The van der Waals surface area contributed by atoms with E-state index in [2.05, 4.69) is 5.32 Å². The summed E-state index contributed by atoms with van der Waals surface area (Å²) >= 11 is 0. The molecule has 3 rings (SSSR count). The first-order valence-electron chi connectivity index (χ1n) is 8.56. The number of benzene rings is 2. The Balaban J connectivity index is 1.58. The van der Waals surface area contributed by atoms with E-state index in [0.717, 1.165) is 35.3 Å². The third-order valence-electron chi connectivity index (χ3n) is 4.22. The number of aliphatic carboxylic acids is 1. The molecule has 0 radical (unpaired) electrons. The Morgan fingerprint density at radius 3 is 2.73 bits per heavy atom. The minimum absolute atomic E-state index is 0.0925. The van der Waals surface area contributed by atoms with Crippen LogP contribution in [0.25, 0.3) is 0 Å². The molecule has 1 heterocycles. The lowest BCUT2D eigenvalue weighted by Crippen LogP contribution is -2.42. The molecule has 2 N–H and O–H groups in total. The van der Waals surface area contributed by atoms with Gasteiger partial charge in [0.1, 0.15) is 18.4 Å². The van der Waals surface area contributed by atoms with Crippen molar-refractivity contribution in [1.82, 2.24) is 5.32 Å². The van der Waals surface area contributed by atoms with Crippen molar-refractivity contribution in [1.29, 1.82) is 0 Å². The molecule has 0 fully saturated rings. The first kappa shape index (κ1) is 17.8. The summed E-state index contributed by atoms with van der Waals surface area (Å²) in [6.45, 7) is 0.800. The maximum absolute atomic E-state index is 11.9. The van der Waals surface area contributed by atoms with E-state index in [1.807, 2.05) is 48.5 Å². The largest absolute Gasteiger partial charge is 0.493 e. The van der Waals surface area contributed by atoms with Crippen molar-refractivity contribution >= 4 is 12.1 Å². The second-order valence-electron chi connectivity index (χ2n) is 6.20. The SMILES string of the molecule is O=C(N[C@@H](Cc1ccc2c(c1)CCCO2)C(=O)O)OCc1ccccc1. The Labute approximate surface area is 151 Å². The van der Waals surface area contributed by atoms with Gasteiger partial charge in [-0.2, -0.15) is 0 Å². The number of fused-ring (bicyclic) bond motifs is 1. The van der Waals surface area contributed by atoms with Gasteiger partial charge in [0.15, 0.2) is 0 Å². The van der Waals surface area contributed by atoms with Gasteiger partial charge in [0.2, 0.25) is 0 Å². The van der Waals surface area contributed by atoms with Crippen molar-refractivity contribution in [2.24, 2.45) is 0 Å². The van der Waals surface area contributed by atoms with Crippen LogP contribution in [0.3, 0.4) is 0 Å². The third kappa shape index (κ3) is 4.75. The predicted molar refractivity (Wildman–Crippen MR) is 95.1 cm³/mol. The highest BCUT2D eigenvalue weighted by atomic mass is 16.5. The number of alkyl carbamates (subject to hydrolysis) is 1. The second kappa shape index (κ2) is 8.38. The van der Waals surface area contributed by atoms with Crippen LogP contribution >= 0.6 is 0 Å². The number of carboxylic acids is 1. The van der Waals surface area contributed by atoms with Gasteiger partial charge in [-0.15, -0.1) is 0 Å². The lowest BCUT2D eigenvalue weighted by molar-refractivity contribution is -0.139. The van der Waals surface area contributed by atoms with E-state index in [0.29, 0.717) is 6.61 Å². The Kier molecular flexibility index (Phi) is 5.73. The molecule has 1 aliphatic heterocycles. The molecule has 0 saturated heterocycles. The Morgan fingerprint density at radius 1 is 1.15 bits per heavy atom. The van der Waals surface area contributed by atoms with E-state index in [9.17, 15) is 14.7 Å². The van der Waals surface area contributed by atoms with Crippen LogP contribution in [0.2, 0.25) is 0 Å². The van der Waals surface area contributed by atoms with E-state index in [1.54, 1.807) is 0 Å². The standard InChI is InChI=1S/C20H21NO5/c22-19(23)17(21-20(24)26-13-14-5-2-1-3-6-14)12-15-8-9-18-16(11-15)7-4-10-25-18/h1-3,5-6,8-9,11,17H,4,7,10,12-13H2,(H,21,24)(H,22,23)/t17-/m0/s1. The molecule has 0 aromatic heterocycles. The number of hydrogen-bond donors (Lipinski definition) is 2. The minimum atomic E-state index is -1.10. The van der Waals surface area contributed by atoms with Crippen LogP contribution < -0.4 is 10.1 Å². The van der Waals surface area contributed by atoms with Crippen LogP contribution in [-0.2, 0) is 29.0 Å². The number of ether oxygens (including phenoxy) is 2. The quantitative estimate of drug-likeness (QED) is 0.832. The van der Waals surface area contributed by atoms with Crippen LogP contribution in [0.5, 0.6) is 5.75 Å². The molecule has 0 spiro atoms. The number of nitrogens with one attached hydrogen (secondary N) is 1. The topological polar surface area (TPSA) is 84.9 Å². The average Bonchev–Trinajstić information content (AvgIpc) is 2.66. The molecule has 2 aromatic rings. The molecule has 0 bridgehead atoms. The van der Waals surface area contributed by atoms with Crippen LogP contribution in [0, 0.1) is 0 Å². The zero-order chi connectivity index (χ0) is 18.4. The first-order valence-corrected chi connectivity index (χ1v) is 8.56. The summed E-state index contributed by atoms with van der Waals surface area (Å²) < 4.78 is 10.7. The van der Waals surface area contributed by atoms with Crippen LogP contribution in [-0.4, -0.2) is 29.8 Å². The van der Waals surface area contributed by atoms with Gasteiger partial charge in [0, 0.05) is 6.42 Å². The second-order valence-corrected chi connectivity index (χ2v) is 6.20. The molecule has 6 nitrogen and oxygen atoms in total. The van der Waals surface area contributed by atoms with Crippen LogP contribution in [0.15, 0.2) is 48.5 Å². The van der Waals surface area contributed by atoms with E-state index < -0.39 is 18.1 Å². The fourth-order valence-electron chi connectivity index (χ4n) is 2.88. The zero-order valence-electron chi connectivity index (χ0n) is 14.3. The number of carbonyl (C=O) groups is 2. The van der Waals surface area contributed by atoms with Gasteiger partial charge in [0.05, 0.1) is 6.61 Å². The van der Waals surface area contributed by atoms with Crippen molar-refractivity contribution in [3.05, 3.63) is 65.2 Å². The molecule has 26 heavy (non-hydrogen) atoms. The zero-order valence-corrected chi connectivity index (χ0v) is 14.3. The highest BCUT2D eigenvalue weighted by molar-refractivity contribution is 5.80. The lowest BCUT2D eigenvalue weighted by atomic mass is 9.99. The molecule has 1 atom stereocenters. The van der Waals surface area contributed by atoms with Gasteiger partial charge in [-0.25, -0.2) is 9.59 Å². The van der Waals surface area contributed by atoms with Crippen molar-refractivity contribution in [3.8, 4) is 5.75 Å². The summed E-state index contributed by atoms with van der Waals surface area (Å²) in [4.78, 5) is 23.4. The number of rotatable bonds is 6. The maximum Gasteiger partial charge on any atom is 0.408 e. The average molecular weight is 355 g/mol. The van der Waals surface area contributed by atoms with Crippen LogP contribution in [0.4, 0.5) is 4.79 Å². The Morgan fingerprint density at radius 2 is 1.96 bits per heavy atom. The lowest BCUT2D eigenvalue weighted by Gasteiger charge is -2.19. The minimum Gasteiger partial charge on any atom is -0.493 e. The van der Waals surface area contributed by atoms with Gasteiger partial charge < -0.3 is 19.9 Å². The number of hydrogen-bond acceptors (Lipinski definition) is 4. The summed E-state index contributed by atoms with van der Waals surface area (Å²) in [6.07, 6.45) is 1.29.